The first-order valence-electron chi connectivity index (χ1n) is 8.69. The molecule has 1 atom stereocenters. The average molecular weight is 350 g/mol. The van der Waals surface area contributed by atoms with E-state index in [0.717, 1.165) is 18.4 Å². The van der Waals surface area contributed by atoms with Gasteiger partial charge in [0.1, 0.15) is 5.82 Å². The van der Waals surface area contributed by atoms with Crippen LogP contribution in [0.1, 0.15) is 40.6 Å². The minimum absolute atomic E-state index is 0.0686. The molecule has 0 radical (unpaired) electrons. The molecular formula is C20H19FN4O. The number of nitrogens with zero attached hydrogens (tertiary/aromatic N) is 4. The molecule has 1 saturated heterocycles. The zero-order valence-corrected chi connectivity index (χ0v) is 14.5. The SMILES string of the molecule is Cc1c(C(=O)N2CCCC2c2ccccc2)nnn1-c1ccc(F)cc1. The van der Waals surface area contributed by atoms with Crippen molar-refractivity contribution in [2.45, 2.75) is 25.8 Å². The first-order chi connectivity index (χ1) is 12.6. The van der Waals surface area contributed by atoms with E-state index in [1.165, 1.54) is 12.1 Å². The number of likely N-dealkylation sites (tertiary alicyclic amines) is 1. The van der Waals surface area contributed by atoms with Crippen LogP contribution in [0.5, 0.6) is 0 Å². The normalized spacial score (nSPS) is 16.8. The van der Waals surface area contributed by atoms with Gasteiger partial charge in [0.25, 0.3) is 5.91 Å². The van der Waals surface area contributed by atoms with Crippen LogP contribution in [0.15, 0.2) is 54.6 Å². The highest BCUT2D eigenvalue weighted by molar-refractivity contribution is 5.93. The number of hydrogen-bond donors (Lipinski definition) is 0. The zero-order valence-electron chi connectivity index (χ0n) is 14.5. The molecule has 4 rings (SSSR count). The van der Waals surface area contributed by atoms with Gasteiger partial charge in [-0.05, 0) is 49.6 Å². The Hall–Kier alpha value is -3.02. The first-order valence-corrected chi connectivity index (χ1v) is 8.69. The molecule has 0 saturated carbocycles. The van der Waals surface area contributed by atoms with Gasteiger partial charge >= 0.3 is 0 Å². The Morgan fingerprint density at radius 3 is 2.58 bits per heavy atom. The number of benzene rings is 2. The summed E-state index contributed by atoms with van der Waals surface area (Å²) in [6.07, 6.45) is 1.91. The summed E-state index contributed by atoms with van der Waals surface area (Å²) in [6, 6.07) is 16.1. The second-order valence-electron chi connectivity index (χ2n) is 6.48. The lowest BCUT2D eigenvalue weighted by atomic mass is 10.0. The van der Waals surface area contributed by atoms with Crippen LogP contribution in [-0.4, -0.2) is 32.3 Å². The summed E-state index contributed by atoms with van der Waals surface area (Å²) >= 11 is 0. The van der Waals surface area contributed by atoms with Crippen LogP contribution in [0.3, 0.4) is 0 Å². The molecule has 26 heavy (non-hydrogen) atoms. The van der Waals surface area contributed by atoms with Crippen molar-refractivity contribution in [3.63, 3.8) is 0 Å². The van der Waals surface area contributed by atoms with Crippen molar-refractivity contribution < 1.29 is 9.18 Å². The minimum atomic E-state index is -0.314. The van der Waals surface area contributed by atoms with Crippen LogP contribution in [0, 0.1) is 12.7 Å². The predicted molar refractivity (Wildman–Crippen MR) is 95.5 cm³/mol. The molecule has 6 heteroatoms. The van der Waals surface area contributed by atoms with E-state index in [1.54, 1.807) is 16.8 Å². The molecule has 3 aromatic rings. The Morgan fingerprint density at radius 1 is 1.12 bits per heavy atom. The van der Waals surface area contributed by atoms with Gasteiger partial charge < -0.3 is 4.90 Å². The smallest absolute Gasteiger partial charge is 0.276 e. The maximum Gasteiger partial charge on any atom is 0.276 e. The van der Waals surface area contributed by atoms with Gasteiger partial charge in [-0.1, -0.05) is 35.5 Å². The molecule has 2 heterocycles. The number of aromatic nitrogens is 3. The molecule has 1 amide bonds. The maximum atomic E-state index is 13.1. The van der Waals surface area contributed by atoms with Gasteiger partial charge in [0.15, 0.2) is 5.69 Å². The lowest BCUT2D eigenvalue weighted by molar-refractivity contribution is 0.0729. The van der Waals surface area contributed by atoms with E-state index in [4.69, 9.17) is 0 Å². The van der Waals surface area contributed by atoms with E-state index in [9.17, 15) is 9.18 Å². The van der Waals surface area contributed by atoms with Gasteiger partial charge in [0.05, 0.1) is 17.4 Å². The molecule has 0 bridgehead atoms. The van der Waals surface area contributed by atoms with E-state index in [0.29, 0.717) is 23.6 Å². The number of rotatable bonds is 3. The van der Waals surface area contributed by atoms with Crippen molar-refractivity contribution in [1.29, 1.82) is 0 Å². The predicted octanol–water partition coefficient (Wildman–Crippen LogP) is 3.69. The van der Waals surface area contributed by atoms with Crippen molar-refractivity contribution in [2.75, 3.05) is 6.54 Å². The summed E-state index contributed by atoms with van der Waals surface area (Å²) in [5.41, 5.74) is 2.82. The molecule has 1 unspecified atom stereocenters. The largest absolute Gasteiger partial charge is 0.330 e. The monoisotopic (exact) mass is 350 g/mol. The number of halogens is 1. The van der Waals surface area contributed by atoms with Gasteiger partial charge in [-0.3, -0.25) is 4.79 Å². The Labute approximate surface area is 151 Å². The van der Waals surface area contributed by atoms with Crippen LogP contribution >= 0.6 is 0 Å². The fourth-order valence-electron chi connectivity index (χ4n) is 3.52. The van der Waals surface area contributed by atoms with Crippen LogP contribution in [-0.2, 0) is 0 Å². The second-order valence-corrected chi connectivity index (χ2v) is 6.48. The fraction of sp³-hybridized carbons (Fsp3) is 0.250. The number of carbonyl (C=O) groups is 1. The summed E-state index contributed by atoms with van der Waals surface area (Å²) in [5, 5.41) is 8.22. The van der Waals surface area contributed by atoms with Crippen LogP contribution < -0.4 is 0 Å². The summed E-state index contributed by atoms with van der Waals surface area (Å²) in [5.74, 6) is -0.423. The van der Waals surface area contributed by atoms with Crippen molar-refractivity contribution in [3.05, 3.63) is 77.4 Å². The Bertz CT molecular complexity index is 921. The highest BCUT2D eigenvalue weighted by Crippen LogP contribution is 2.33. The summed E-state index contributed by atoms with van der Waals surface area (Å²) in [6.45, 7) is 2.52. The third-order valence-electron chi connectivity index (χ3n) is 4.87. The van der Waals surface area contributed by atoms with E-state index in [-0.39, 0.29) is 17.8 Å². The molecule has 1 aromatic heterocycles. The molecule has 5 nitrogen and oxygen atoms in total. The molecule has 1 aliphatic heterocycles. The van der Waals surface area contributed by atoms with Crippen molar-refractivity contribution in [2.24, 2.45) is 0 Å². The second kappa shape index (κ2) is 6.71. The lowest BCUT2D eigenvalue weighted by Gasteiger charge is -2.24. The van der Waals surface area contributed by atoms with E-state index in [2.05, 4.69) is 22.4 Å². The zero-order chi connectivity index (χ0) is 18.1. The van der Waals surface area contributed by atoms with E-state index in [1.807, 2.05) is 30.0 Å². The average Bonchev–Trinajstić information content (AvgIpc) is 3.30. The Kier molecular flexibility index (Phi) is 4.24. The van der Waals surface area contributed by atoms with Gasteiger partial charge in [0, 0.05) is 6.54 Å². The Morgan fingerprint density at radius 2 is 1.85 bits per heavy atom. The summed E-state index contributed by atoms with van der Waals surface area (Å²) < 4.78 is 14.7. The maximum absolute atomic E-state index is 13.1. The van der Waals surface area contributed by atoms with Gasteiger partial charge in [0.2, 0.25) is 0 Å². The first kappa shape index (κ1) is 16.4. The van der Waals surface area contributed by atoms with Gasteiger partial charge in [-0.2, -0.15) is 0 Å². The molecule has 0 spiro atoms. The highest BCUT2D eigenvalue weighted by Gasteiger charge is 2.33. The third kappa shape index (κ3) is 2.87. The van der Waals surface area contributed by atoms with Crippen molar-refractivity contribution in [1.82, 2.24) is 19.9 Å². The highest BCUT2D eigenvalue weighted by atomic mass is 19.1. The van der Waals surface area contributed by atoms with Crippen LogP contribution in [0.25, 0.3) is 5.69 Å². The van der Waals surface area contributed by atoms with Crippen molar-refractivity contribution in [3.8, 4) is 5.69 Å². The Balaban J connectivity index is 1.63. The quantitative estimate of drug-likeness (QED) is 0.724. The van der Waals surface area contributed by atoms with Crippen LogP contribution in [0.4, 0.5) is 4.39 Å². The number of hydrogen-bond acceptors (Lipinski definition) is 3. The topological polar surface area (TPSA) is 51.0 Å². The van der Waals surface area contributed by atoms with Gasteiger partial charge in [-0.15, -0.1) is 5.10 Å². The van der Waals surface area contributed by atoms with Gasteiger partial charge in [-0.25, -0.2) is 9.07 Å². The molecule has 2 aromatic carbocycles. The molecular weight excluding hydrogens is 331 g/mol. The minimum Gasteiger partial charge on any atom is -0.330 e. The van der Waals surface area contributed by atoms with Crippen molar-refractivity contribution >= 4 is 5.91 Å². The third-order valence-corrected chi connectivity index (χ3v) is 4.87. The van der Waals surface area contributed by atoms with Crippen LogP contribution in [0.2, 0.25) is 0 Å². The molecule has 132 valence electrons. The molecule has 0 aliphatic carbocycles. The standard InChI is InChI=1S/C20H19FN4O/c1-14-19(22-23-25(14)17-11-9-16(21)10-12-17)20(26)24-13-5-8-18(24)15-6-3-2-4-7-15/h2-4,6-7,9-12,18H,5,8,13H2,1H3. The summed E-state index contributed by atoms with van der Waals surface area (Å²) in [4.78, 5) is 15.0. The summed E-state index contributed by atoms with van der Waals surface area (Å²) in [7, 11) is 0. The fourth-order valence-corrected chi connectivity index (χ4v) is 3.52. The number of carbonyl (C=O) groups excluding carboxylic acids is 1. The van der Waals surface area contributed by atoms with E-state index < -0.39 is 0 Å². The number of amides is 1. The molecule has 1 fully saturated rings. The molecule has 1 aliphatic rings. The lowest BCUT2D eigenvalue weighted by Crippen LogP contribution is -2.31. The van der Waals surface area contributed by atoms with E-state index >= 15 is 0 Å². The molecule has 0 N–H and O–H groups in total.